The highest BCUT2D eigenvalue weighted by molar-refractivity contribution is 6.30. The van der Waals surface area contributed by atoms with E-state index in [1.54, 1.807) is 18.2 Å². The number of hydrogen-bond acceptors (Lipinski definition) is 2. The minimum Gasteiger partial charge on any atom is -0.396 e. The summed E-state index contributed by atoms with van der Waals surface area (Å²) < 4.78 is 0. The van der Waals surface area contributed by atoms with Crippen LogP contribution in [0.3, 0.4) is 0 Å². The molecule has 1 aromatic rings. The fraction of sp³-hybridized carbons (Fsp3) is 0.0833. The fourth-order valence-electron chi connectivity index (χ4n) is 1.22. The Bertz CT molecular complexity index is 404. The molecule has 15 heavy (non-hydrogen) atoms. The molecule has 0 aromatic heterocycles. The van der Waals surface area contributed by atoms with Crippen LogP contribution in [0.1, 0.15) is 12.5 Å². The van der Waals surface area contributed by atoms with Crippen LogP contribution >= 0.6 is 11.6 Å². The first-order chi connectivity index (χ1) is 7.19. The van der Waals surface area contributed by atoms with Crippen molar-refractivity contribution in [2.45, 2.75) is 6.92 Å². The SMILES string of the molecule is C/C=C\C(=C(/N)C=O)c1ccc(Cl)cc1. The first-order valence-electron chi connectivity index (χ1n) is 4.52. The Balaban J connectivity index is 3.22. The Morgan fingerprint density at radius 3 is 2.40 bits per heavy atom. The molecule has 0 aliphatic heterocycles. The van der Waals surface area contributed by atoms with Crippen LogP contribution in [0.4, 0.5) is 0 Å². The standard InChI is InChI=1S/C12H12ClNO/c1-2-3-11(12(14)8-15)9-4-6-10(13)7-5-9/h2-8H,14H2,1H3/b3-2-,12-11+. The average molecular weight is 222 g/mol. The van der Waals surface area contributed by atoms with Gasteiger partial charge in [0.1, 0.15) is 0 Å². The van der Waals surface area contributed by atoms with Gasteiger partial charge in [0.15, 0.2) is 6.29 Å². The number of hydrogen-bond donors (Lipinski definition) is 1. The van der Waals surface area contributed by atoms with Crippen molar-refractivity contribution in [3.8, 4) is 0 Å². The van der Waals surface area contributed by atoms with Crippen molar-refractivity contribution in [2.24, 2.45) is 5.73 Å². The number of rotatable bonds is 3. The van der Waals surface area contributed by atoms with Gasteiger partial charge in [0.2, 0.25) is 0 Å². The molecule has 0 atom stereocenters. The van der Waals surface area contributed by atoms with E-state index in [-0.39, 0.29) is 5.70 Å². The largest absolute Gasteiger partial charge is 0.396 e. The van der Waals surface area contributed by atoms with Gasteiger partial charge in [0.05, 0.1) is 5.70 Å². The van der Waals surface area contributed by atoms with Crippen LogP contribution < -0.4 is 5.73 Å². The quantitative estimate of drug-likeness (QED) is 0.485. The summed E-state index contributed by atoms with van der Waals surface area (Å²) in [5.74, 6) is 0. The Hall–Kier alpha value is -1.54. The molecule has 1 rings (SSSR count). The maximum absolute atomic E-state index is 10.6. The van der Waals surface area contributed by atoms with Crippen molar-refractivity contribution in [2.75, 3.05) is 0 Å². The molecule has 0 fully saturated rings. The minimum atomic E-state index is 0.218. The highest BCUT2D eigenvalue weighted by Gasteiger charge is 2.02. The van der Waals surface area contributed by atoms with Crippen LogP contribution in [0, 0.1) is 0 Å². The lowest BCUT2D eigenvalue weighted by Crippen LogP contribution is -2.02. The van der Waals surface area contributed by atoms with E-state index in [2.05, 4.69) is 0 Å². The first kappa shape index (κ1) is 11.5. The molecule has 0 saturated carbocycles. The lowest BCUT2D eigenvalue weighted by molar-refractivity contribution is -0.104. The second kappa shape index (κ2) is 5.37. The molecule has 78 valence electrons. The Morgan fingerprint density at radius 1 is 1.33 bits per heavy atom. The molecule has 2 N–H and O–H groups in total. The molecule has 0 amide bonds. The molecule has 2 nitrogen and oxygen atoms in total. The van der Waals surface area contributed by atoms with Crippen molar-refractivity contribution in [3.63, 3.8) is 0 Å². The van der Waals surface area contributed by atoms with Gasteiger partial charge in [-0.05, 0) is 24.6 Å². The van der Waals surface area contributed by atoms with Crippen molar-refractivity contribution in [3.05, 3.63) is 52.7 Å². The van der Waals surface area contributed by atoms with E-state index in [0.717, 1.165) is 5.56 Å². The summed E-state index contributed by atoms with van der Waals surface area (Å²) in [5, 5.41) is 0.656. The van der Waals surface area contributed by atoms with Crippen molar-refractivity contribution >= 4 is 23.5 Å². The lowest BCUT2D eigenvalue weighted by Gasteiger charge is -2.04. The van der Waals surface area contributed by atoms with Gasteiger partial charge < -0.3 is 5.73 Å². The Labute approximate surface area is 94.0 Å². The third-order valence-corrected chi connectivity index (χ3v) is 2.18. The van der Waals surface area contributed by atoms with Crippen LogP contribution in [0.5, 0.6) is 0 Å². The summed E-state index contributed by atoms with van der Waals surface area (Å²) in [7, 11) is 0. The summed E-state index contributed by atoms with van der Waals surface area (Å²) in [6.07, 6.45) is 4.28. The second-order valence-electron chi connectivity index (χ2n) is 2.99. The van der Waals surface area contributed by atoms with Crippen LogP contribution in [-0.4, -0.2) is 6.29 Å². The smallest absolute Gasteiger partial charge is 0.166 e. The van der Waals surface area contributed by atoms with Crippen LogP contribution in [-0.2, 0) is 4.79 Å². The maximum atomic E-state index is 10.6. The third kappa shape index (κ3) is 2.96. The molecule has 0 aliphatic carbocycles. The number of allylic oxidation sites excluding steroid dienone is 4. The molecule has 0 radical (unpaired) electrons. The van der Waals surface area contributed by atoms with Crippen molar-refractivity contribution in [1.82, 2.24) is 0 Å². The van der Waals surface area contributed by atoms with Gasteiger partial charge in [-0.2, -0.15) is 0 Å². The normalized spacial score (nSPS) is 12.7. The van der Waals surface area contributed by atoms with Gasteiger partial charge in [-0.3, -0.25) is 4.79 Å². The zero-order valence-electron chi connectivity index (χ0n) is 8.41. The van der Waals surface area contributed by atoms with E-state index in [0.29, 0.717) is 16.9 Å². The number of nitrogens with two attached hydrogens (primary N) is 1. The van der Waals surface area contributed by atoms with Gasteiger partial charge in [0, 0.05) is 10.6 Å². The molecule has 0 bridgehead atoms. The molecule has 3 heteroatoms. The highest BCUT2D eigenvalue weighted by atomic mass is 35.5. The van der Waals surface area contributed by atoms with Gasteiger partial charge >= 0.3 is 0 Å². The second-order valence-corrected chi connectivity index (χ2v) is 3.43. The monoisotopic (exact) mass is 221 g/mol. The fourth-order valence-corrected chi connectivity index (χ4v) is 1.34. The molecular weight excluding hydrogens is 210 g/mol. The Morgan fingerprint density at radius 2 is 1.93 bits per heavy atom. The van der Waals surface area contributed by atoms with Gasteiger partial charge in [0.25, 0.3) is 0 Å². The first-order valence-corrected chi connectivity index (χ1v) is 4.90. The number of carbonyl (C=O) groups excluding carboxylic acids is 1. The lowest BCUT2D eigenvalue weighted by atomic mass is 10.0. The predicted molar refractivity (Wildman–Crippen MR) is 63.4 cm³/mol. The molecule has 0 spiro atoms. The van der Waals surface area contributed by atoms with Crippen molar-refractivity contribution < 1.29 is 4.79 Å². The zero-order valence-corrected chi connectivity index (χ0v) is 9.16. The molecular formula is C12H12ClNO. The van der Waals surface area contributed by atoms with E-state index < -0.39 is 0 Å². The summed E-state index contributed by atoms with van der Waals surface area (Å²) in [6.45, 7) is 1.87. The van der Waals surface area contributed by atoms with E-state index >= 15 is 0 Å². The zero-order chi connectivity index (χ0) is 11.3. The number of aldehydes is 1. The van der Waals surface area contributed by atoms with E-state index in [9.17, 15) is 4.79 Å². The van der Waals surface area contributed by atoms with E-state index in [1.165, 1.54) is 0 Å². The average Bonchev–Trinajstić information content (AvgIpc) is 2.26. The summed E-state index contributed by atoms with van der Waals surface area (Å²) in [4.78, 5) is 10.6. The van der Waals surface area contributed by atoms with Crippen LogP contribution in [0.25, 0.3) is 5.57 Å². The number of halogens is 1. The maximum Gasteiger partial charge on any atom is 0.166 e. The van der Waals surface area contributed by atoms with Gasteiger partial charge in [-0.1, -0.05) is 35.9 Å². The van der Waals surface area contributed by atoms with Crippen molar-refractivity contribution in [1.29, 1.82) is 0 Å². The molecule has 0 aliphatic rings. The third-order valence-electron chi connectivity index (χ3n) is 1.93. The molecule has 0 unspecified atom stereocenters. The molecule has 0 saturated heterocycles. The van der Waals surface area contributed by atoms with E-state index in [1.807, 2.05) is 25.1 Å². The van der Waals surface area contributed by atoms with E-state index in [4.69, 9.17) is 17.3 Å². The highest BCUT2D eigenvalue weighted by Crippen LogP contribution is 2.19. The Kier molecular flexibility index (Phi) is 4.13. The predicted octanol–water partition coefficient (Wildman–Crippen LogP) is 2.78. The topological polar surface area (TPSA) is 43.1 Å². The molecule has 1 aromatic carbocycles. The number of benzene rings is 1. The number of carbonyl (C=O) groups is 1. The molecule has 0 heterocycles. The van der Waals surface area contributed by atoms with Crippen LogP contribution in [0.15, 0.2) is 42.1 Å². The van der Waals surface area contributed by atoms with Gasteiger partial charge in [-0.15, -0.1) is 0 Å². The summed E-state index contributed by atoms with van der Waals surface area (Å²) >= 11 is 5.77. The van der Waals surface area contributed by atoms with Gasteiger partial charge in [-0.25, -0.2) is 0 Å². The van der Waals surface area contributed by atoms with Crippen LogP contribution in [0.2, 0.25) is 5.02 Å². The summed E-state index contributed by atoms with van der Waals surface area (Å²) in [5.41, 5.74) is 7.41. The minimum absolute atomic E-state index is 0.218. The summed E-state index contributed by atoms with van der Waals surface area (Å²) in [6, 6.07) is 7.18.